The number of aromatic nitrogens is 1. The largest absolute Gasteiger partial charge is 0.497 e. The summed E-state index contributed by atoms with van der Waals surface area (Å²) in [6.45, 7) is 0. The zero-order chi connectivity index (χ0) is 19.7. The number of rotatable bonds is 4. The van der Waals surface area contributed by atoms with Gasteiger partial charge in [0.1, 0.15) is 21.4 Å². The van der Waals surface area contributed by atoms with Gasteiger partial charge >= 0.3 is 0 Å². The van der Waals surface area contributed by atoms with Crippen molar-refractivity contribution in [3.05, 3.63) is 59.0 Å². The third-order valence-corrected chi connectivity index (χ3v) is 5.09. The molecule has 1 aliphatic rings. The Morgan fingerprint density at radius 2 is 2.21 bits per heavy atom. The summed E-state index contributed by atoms with van der Waals surface area (Å²) in [5.74, 6) is 0.422. The number of fused-ring (bicyclic) bond motifs is 1. The lowest BCUT2D eigenvalue weighted by Crippen LogP contribution is -2.17. The number of hydrogen-bond donors (Lipinski definition) is 2. The number of methoxy groups -OCH3 is 1. The lowest BCUT2D eigenvalue weighted by Gasteiger charge is -2.07. The Morgan fingerprint density at radius 1 is 1.36 bits per heavy atom. The molecule has 0 bridgehead atoms. The predicted molar refractivity (Wildman–Crippen MR) is 111 cm³/mol. The molecule has 0 spiro atoms. The molecule has 9 heteroatoms. The minimum absolute atomic E-state index is 0.274. The van der Waals surface area contributed by atoms with Crippen molar-refractivity contribution in [3.8, 4) is 5.75 Å². The zero-order valence-electron chi connectivity index (χ0n) is 14.5. The number of anilines is 1. The van der Waals surface area contributed by atoms with Crippen LogP contribution in [0, 0.1) is 0 Å². The molecule has 7 nitrogen and oxygen atoms in total. The van der Waals surface area contributed by atoms with Crippen molar-refractivity contribution < 1.29 is 18.7 Å². The Morgan fingerprint density at radius 3 is 2.96 bits per heavy atom. The van der Waals surface area contributed by atoms with E-state index in [1.54, 1.807) is 49.7 Å². The molecule has 1 fully saturated rings. The molecule has 1 aliphatic heterocycles. The molecule has 28 heavy (non-hydrogen) atoms. The number of ether oxygens (including phenoxy) is 1. The minimum Gasteiger partial charge on any atom is -0.497 e. The van der Waals surface area contributed by atoms with Crippen molar-refractivity contribution in [3.63, 3.8) is 0 Å². The van der Waals surface area contributed by atoms with Gasteiger partial charge in [-0.2, -0.15) is 0 Å². The van der Waals surface area contributed by atoms with Gasteiger partial charge in [0.15, 0.2) is 5.58 Å². The molecule has 2 aromatic heterocycles. The quantitative estimate of drug-likeness (QED) is 0.501. The molecule has 140 valence electrons. The molecule has 3 aromatic rings. The first-order valence-electron chi connectivity index (χ1n) is 8.11. The normalized spacial score (nSPS) is 15.1. The van der Waals surface area contributed by atoms with E-state index in [0.29, 0.717) is 37.4 Å². The number of carbonyl (C=O) groups excluding carboxylic acids is 2. The van der Waals surface area contributed by atoms with E-state index in [4.69, 9.17) is 21.4 Å². The first-order chi connectivity index (χ1) is 13.5. The van der Waals surface area contributed by atoms with Gasteiger partial charge in [-0.15, -0.1) is 0 Å². The van der Waals surface area contributed by atoms with Gasteiger partial charge in [-0.05, 0) is 18.2 Å². The second-order valence-electron chi connectivity index (χ2n) is 5.79. The van der Waals surface area contributed by atoms with Crippen LogP contribution < -0.4 is 15.4 Å². The predicted octanol–water partition coefficient (Wildman–Crippen LogP) is 3.58. The molecular weight excluding hydrogens is 398 g/mol. The molecule has 3 heterocycles. The molecule has 0 atom stereocenters. The first kappa shape index (κ1) is 18.2. The van der Waals surface area contributed by atoms with E-state index in [1.165, 1.54) is 6.20 Å². The third kappa shape index (κ3) is 3.62. The van der Waals surface area contributed by atoms with Gasteiger partial charge < -0.3 is 19.8 Å². The van der Waals surface area contributed by atoms with E-state index < -0.39 is 0 Å². The standard InChI is InChI=1S/C19H13N3O4S2/c1-25-12-4-2-3-11(6-12)21-17(23)14-9-20-8-10-5-13(26-16(10)14)7-15-18(24)22-19(27)28-15/h2-9H,1H3,(H,21,23)(H,22,24,27)/b15-7-. The summed E-state index contributed by atoms with van der Waals surface area (Å²) in [5.41, 5.74) is 1.25. The summed E-state index contributed by atoms with van der Waals surface area (Å²) in [5, 5.41) is 6.00. The number of thiocarbonyl (C=S) groups is 1. The number of hydrogen-bond acceptors (Lipinski definition) is 7. The number of carbonyl (C=O) groups is 2. The van der Waals surface area contributed by atoms with Crippen molar-refractivity contribution in [1.82, 2.24) is 10.3 Å². The van der Waals surface area contributed by atoms with Crippen molar-refractivity contribution in [2.75, 3.05) is 12.4 Å². The molecule has 1 saturated heterocycles. The second kappa shape index (κ2) is 7.45. The number of nitrogens with zero attached hydrogens (tertiary/aromatic N) is 1. The van der Waals surface area contributed by atoms with E-state index in [9.17, 15) is 9.59 Å². The van der Waals surface area contributed by atoms with Crippen LogP contribution in [-0.2, 0) is 4.79 Å². The van der Waals surface area contributed by atoms with Crippen LogP contribution in [0.25, 0.3) is 17.0 Å². The first-order valence-corrected chi connectivity index (χ1v) is 9.34. The highest BCUT2D eigenvalue weighted by Crippen LogP contribution is 2.29. The number of nitrogens with one attached hydrogen (secondary N) is 2. The number of furan rings is 1. The summed E-state index contributed by atoms with van der Waals surface area (Å²) in [6.07, 6.45) is 4.61. The summed E-state index contributed by atoms with van der Waals surface area (Å²) in [7, 11) is 1.56. The van der Waals surface area contributed by atoms with Crippen LogP contribution in [0.2, 0.25) is 0 Å². The van der Waals surface area contributed by atoms with Gasteiger partial charge in [0, 0.05) is 35.6 Å². The van der Waals surface area contributed by atoms with Gasteiger partial charge in [0.25, 0.3) is 11.8 Å². The fourth-order valence-electron chi connectivity index (χ4n) is 2.66. The summed E-state index contributed by atoms with van der Waals surface area (Å²) < 4.78 is 11.4. The van der Waals surface area contributed by atoms with Crippen LogP contribution in [0.3, 0.4) is 0 Å². The lowest BCUT2D eigenvalue weighted by atomic mass is 10.2. The lowest BCUT2D eigenvalue weighted by molar-refractivity contribution is -0.115. The summed E-state index contributed by atoms with van der Waals surface area (Å²) in [4.78, 5) is 29.1. The number of amides is 2. The maximum absolute atomic E-state index is 12.7. The van der Waals surface area contributed by atoms with Crippen LogP contribution in [0.5, 0.6) is 5.75 Å². The van der Waals surface area contributed by atoms with E-state index in [-0.39, 0.29) is 17.4 Å². The summed E-state index contributed by atoms with van der Waals surface area (Å²) in [6, 6.07) is 8.74. The van der Waals surface area contributed by atoms with Crippen molar-refractivity contribution in [1.29, 1.82) is 0 Å². The average Bonchev–Trinajstić information content (AvgIpc) is 3.23. The zero-order valence-corrected chi connectivity index (χ0v) is 16.1. The average molecular weight is 411 g/mol. The van der Waals surface area contributed by atoms with Crippen LogP contribution in [0.1, 0.15) is 16.1 Å². The molecule has 2 amide bonds. The minimum atomic E-state index is -0.367. The van der Waals surface area contributed by atoms with E-state index in [2.05, 4.69) is 15.6 Å². The Balaban J connectivity index is 1.65. The molecule has 0 unspecified atom stereocenters. The topological polar surface area (TPSA) is 93.5 Å². The molecule has 0 radical (unpaired) electrons. The van der Waals surface area contributed by atoms with Gasteiger partial charge in [-0.25, -0.2) is 0 Å². The van der Waals surface area contributed by atoms with Crippen LogP contribution in [-0.4, -0.2) is 28.2 Å². The maximum atomic E-state index is 12.7. The molecule has 2 N–H and O–H groups in total. The van der Waals surface area contributed by atoms with Crippen molar-refractivity contribution >= 4 is 62.8 Å². The van der Waals surface area contributed by atoms with Crippen molar-refractivity contribution in [2.24, 2.45) is 0 Å². The van der Waals surface area contributed by atoms with E-state index >= 15 is 0 Å². The number of benzene rings is 1. The van der Waals surface area contributed by atoms with Crippen molar-refractivity contribution in [2.45, 2.75) is 0 Å². The van der Waals surface area contributed by atoms with Gasteiger partial charge in [-0.1, -0.05) is 30.0 Å². The van der Waals surface area contributed by atoms with E-state index in [1.807, 2.05) is 0 Å². The molecular formula is C19H13N3O4S2. The Kier molecular flexibility index (Phi) is 4.84. The number of thioether (sulfide) groups is 1. The highest BCUT2D eigenvalue weighted by molar-refractivity contribution is 8.26. The molecule has 0 aliphatic carbocycles. The third-order valence-electron chi connectivity index (χ3n) is 3.93. The fraction of sp³-hybridized carbons (Fsp3) is 0.0526. The van der Waals surface area contributed by atoms with E-state index in [0.717, 1.165) is 11.8 Å². The number of pyridine rings is 1. The second-order valence-corrected chi connectivity index (χ2v) is 7.51. The Labute approximate surface area is 169 Å². The van der Waals surface area contributed by atoms with Crippen LogP contribution in [0.4, 0.5) is 5.69 Å². The molecule has 0 saturated carbocycles. The maximum Gasteiger partial charge on any atom is 0.263 e. The van der Waals surface area contributed by atoms with Crippen LogP contribution in [0.15, 0.2) is 52.0 Å². The smallest absolute Gasteiger partial charge is 0.263 e. The summed E-state index contributed by atoms with van der Waals surface area (Å²) >= 11 is 6.14. The van der Waals surface area contributed by atoms with Gasteiger partial charge in [0.2, 0.25) is 0 Å². The van der Waals surface area contributed by atoms with Gasteiger partial charge in [0.05, 0.1) is 12.0 Å². The highest BCUT2D eigenvalue weighted by atomic mass is 32.2. The monoisotopic (exact) mass is 411 g/mol. The highest BCUT2D eigenvalue weighted by Gasteiger charge is 2.23. The Hall–Kier alpha value is -3.17. The Bertz CT molecular complexity index is 1150. The van der Waals surface area contributed by atoms with Gasteiger partial charge in [-0.3, -0.25) is 14.6 Å². The molecule has 1 aromatic carbocycles. The van der Waals surface area contributed by atoms with Crippen LogP contribution >= 0.6 is 24.0 Å². The SMILES string of the molecule is COc1cccc(NC(=O)c2cncc3cc(/C=C4\SC(=S)NC4=O)oc23)c1. The molecule has 4 rings (SSSR count). The fourth-order valence-corrected chi connectivity index (χ4v) is 3.69.